The van der Waals surface area contributed by atoms with Gasteiger partial charge >= 0.3 is 0 Å². The van der Waals surface area contributed by atoms with Gasteiger partial charge in [0, 0.05) is 13.3 Å². The zero-order valence-electron chi connectivity index (χ0n) is 12.3. The topological polar surface area (TPSA) is 63.2 Å². The van der Waals surface area contributed by atoms with Crippen molar-refractivity contribution < 1.29 is 9.53 Å². The Balaban J connectivity index is 0.00000200. The Kier molecular flexibility index (Phi) is 8.82. The first kappa shape index (κ1) is 20.1. The van der Waals surface area contributed by atoms with Gasteiger partial charge in [-0.25, -0.2) is 0 Å². The van der Waals surface area contributed by atoms with Crippen LogP contribution < -0.4 is 10.6 Å². The van der Waals surface area contributed by atoms with Gasteiger partial charge in [0.05, 0.1) is 23.9 Å². The summed E-state index contributed by atoms with van der Waals surface area (Å²) in [6.45, 7) is 4.12. The van der Waals surface area contributed by atoms with Gasteiger partial charge in [0.2, 0.25) is 5.91 Å². The highest BCUT2D eigenvalue weighted by Crippen LogP contribution is 2.31. The van der Waals surface area contributed by atoms with Crippen molar-refractivity contribution in [2.24, 2.45) is 5.41 Å². The van der Waals surface area contributed by atoms with E-state index in [-0.39, 0.29) is 30.7 Å². The Hall–Kier alpha value is -0.880. The zero-order chi connectivity index (χ0) is 13.7. The second kappa shape index (κ2) is 9.20. The van der Waals surface area contributed by atoms with Crippen molar-refractivity contribution in [1.29, 1.82) is 0 Å². The van der Waals surface area contributed by atoms with Gasteiger partial charge in [-0.05, 0) is 44.5 Å². The highest BCUT2D eigenvalue weighted by Gasteiger charge is 2.39. The maximum atomic E-state index is 12.6. The average molecular weight is 336 g/mol. The van der Waals surface area contributed by atoms with E-state index in [0.717, 1.165) is 37.2 Å². The van der Waals surface area contributed by atoms with Gasteiger partial charge in [0.25, 0.3) is 0 Å². The molecular formula is C14H23Cl2N3O2. The van der Waals surface area contributed by atoms with Crippen LogP contribution in [0, 0.1) is 12.3 Å². The van der Waals surface area contributed by atoms with E-state index < -0.39 is 5.41 Å². The predicted molar refractivity (Wildman–Crippen MR) is 88.5 cm³/mol. The van der Waals surface area contributed by atoms with Crippen LogP contribution in [0.3, 0.4) is 0 Å². The molecule has 0 unspecified atom stereocenters. The number of rotatable bonds is 4. The first-order chi connectivity index (χ1) is 9.18. The smallest absolute Gasteiger partial charge is 0.233 e. The van der Waals surface area contributed by atoms with E-state index in [9.17, 15) is 4.79 Å². The normalized spacial score (nSPS) is 16.3. The van der Waals surface area contributed by atoms with E-state index in [2.05, 4.69) is 15.6 Å². The predicted octanol–water partition coefficient (Wildman–Crippen LogP) is 2.19. The number of nitrogens with one attached hydrogen (secondary N) is 2. The highest BCUT2D eigenvalue weighted by atomic mass is 35.5. The average Bonchev–Trinajstić information content (AvgIpc) is 2.42. The number of hydrogen-bond acceptors (Lipinski definition) is 4. The lowest BCUT2D eigenvalue weighted by Crippen LogP contribution is -2.47. The quantitative estimate of drug-likeness (QED) is 0.885. The number of amides is 1. The molecule has 5 nitrogen and oxygen atoms in total. The number of hydrogen-bond donors (Lipinski definition) is 2. The van der Waals surface area contributed by atoms with Crippen LogP contribution in [0.15, 0.2) is 18.5 Å². The molecule has 120 valence electrons. The summed E-state index contributed by atoms with van der Waals surface area (Å²) in [5.74, 6) is 0.0342. The maximum absolute atomic E-state index is 12.6. The van der Waals surface area contributed by atoms with E-state index >= 15 is 0 Å². The molecule has 1 amide bonds. The third-order valence-electron chi connectivity index (χ3n) is 3.75. The Morgan fingerprint density at radius 2 is 2.10 bits per heavy atom. The van der Waals surface area contributed by atoms with Crippen molar-refractivity contribution in [2.75, 3.05) is 32.1 Å². The van der Waals surface area contributed by atoms with Crippen molar-refractivity contribution in [3.63, 3.8) is 0 Å². The molecule has 1 aromatic heterocycles. The molecule has 21 heavy (non-hydrogen) atoms. The van der Waals surface area contributed by atoms with Crippen LogP contribution in [0.1, 0.15) is 18.4 Å². The van der Waals surface area contributed by atoms with Crippen molar-refractivity contribution in [1.82, 2.24) is 10.3 Å². The Labute approximate surface area is 138 Å². The molecule has 2 heterocycles. The number of methoxy groups -OCH3 is 1. The lowest BCUT2D eigenvalue weighted by molar-refractivity contribution is -0.130. The highest BCUT2D eigenvalue weighted by molar-refractivity contribution is 5.96. The fourth-order valence-electron chi connectivity index (χ4n) is 2.47. The molecule has 0 spiro atoms. The lowest BCUT2D eigenvalue weighted by Gasteiger charge is -2.35. The van der Waals surface area contributed by atoms with E-state index in [1.807, 2.05) is 13.0 Å². The van der Waals surface area contributed by atoms with Crippen LogP contribution in [-0.4, -0.2) is 37.7 Å². The fraction of sp³-hybridized carbons (Fsp3) is 0.571. The zero-order valence-corrected chi connectivity index (χ0v) is 14.0. The van der Waals surface area contributed by atoms with Crippen molar-refractivity contribution >= 4 is 36.4 Å². The second-order valence-electron chi connectivity index (χ2n) is 5.11. The van der Waals surface area contributed by atoms with E-state index in [1.165, 1.54) is 0 Å². The summed E-state index contributed by atoms with van der Waals surface area (Å²) in [6.07, 6.45) is 5.01. The molecule has 0 bridgehead atoms. The molecule has 0 aliphatic carbocycles. The fourth-order valence-corrected chi connectivity index (χ4v) is 2.47. The molecule has 0 radical (unpaired) electrons. The van der Waals surface area contributed by atoms with E-state index in [4.69, 9.17) is 4.74 Å². The van der Waals surface area contributed by atoms with Gasteiger partial charge < -0.3 is 15.4 Å². The van der Waals surface area contributed by atoms with Crippen LogP contribution in [0.5, 0.6) is 0 Å². The lowest BCUT2D eigenvalue weighted by atomic mass is 9.78. The maximum Gasteiger partial charge on any atom is 0.233 e. The van der Waals surface area contributed by atoms with Gasteiger partial charge in [-0.3, -0.25) is 9.78 Å². The number of pyridine rings is 1. The van der Waals surface area contributed by atoms with Gasteiger partial charge in [-0.15, -0.1) is 24.8 Å². The number of aromatic nitrogens is 1. The van der Waals surface area contributed by atoms with Crippen LogP contribution in [0.2, 0.25) is 0 Å². The summed E-state index contributed by atoms with van der Waals surface area (Å²) >= 11 is 0. The number of nitrogens with zero attached hydrogens (tertiary/aromatic N) is 1. The monoisotopic (exact) mass is 335 g/mol. The number of carbonyl (C=O) groups is 1. The minimum Gasteiger partial charge on any atom is -0.384 e. The molecule has 2 N–H and O–H groups in total. The number of carbonyl (C=O) groups excluding carboxylic acids is 1. The molecule has 7 heteroatoms. The van der Waals surface area contributed by atoms with Gasteiger partial charge in [0.1, 0.15) is 0 Å². The summed E-state index contributed by atoms with van der Waals surface area (Å²) < 4.78 is 5.27. The first-order valence-corrected chi connectivity index (χ1v) is 6.60. The van der Waals surface area contributed by atoms with Crippen molar-refractivity contribution in [2.45, 2.75) is 19.8 Å². The van der Waals surface area contributed by atoms with Crippen molar-refractivity contribution in [3.05, 3.63) is 24.0 Å². The molecule has 0 atom stereocenters. The first-order valence-electron chi connectivity index (χ1n) is 6.60. The van der Waals surface area contributed by atoms with Gasteiger partial charge in [0.15, 0.2) is 0 Å². The molecule has 0 saturated carbocycles. The molecule has 0 aromatic carbocycles. The molecular weight excluding hydrogens is 313 g/mol. The van der Waals surface area contributed by atoms with Crippen molar-refractivity contribution in [3.8, 4) is 0 Å². The molecule has 1 aliphatic rings. The van der Waals surface area contributed by atoms with Crippen LogP contribution in [0.4, 0.5) is 5.69 Å². The van der Waals surface area contributed by atoms with Crippen LogP contribution >= 0.6 is 24.8 Å². The Bertz CT molecular complexity index is 446. The van der Waals surface area contributed by atoms with E-state index in [1.54, 1.807) is 19.5 Å². The molecule has 1 saturated heterocycles. The standard InChI is InChI=1S/C14H21N3O2.2ClH/c1-11-3-6-16-9-12(11)17-13(18)14(10-19-2)4-7-15-8-5-14;;/h3,6,9,15H,4-5,7-8,10H2,1-2H3,(H,17,18);2*1H. The summed E-state index contributed by atoms with van der Waals surface area (Å²) in [4.78, 5) is 16.6. The van der Waals surface area contributed by atoms with Crippen LogP contribution in [-0.2, 0) is 9.53 Å². The minimum atomic E-state index is -0.428. The van der Waals surface area contributed by atoms with Gasteiger partial charge in [-0.2, -0.15) is 0 Å². The summed E-state index contributed by atoms with van der Waals surface area (Å²) in [6, 6.07) is 1.89. The minimum absolute atomic E-state index is 0. The Morgan fingerprint density at radius 3 is 2.67 bits per heavy atom. The largest absolute Gasteiger partial charge is 0.384 e. The summed E-state index contributed by atoms with van der Waals surface area (Å²) in [7, 11) is 1.65. The molecule has 1 fully saturated rings. The number of piperidine rings is 1. The summed E-state index contributed by atoms with van der Waals surface area (Å²) in [5.41, 5.74) is 1.37. The second-order valence-corrected chi connectivity index (χ2v) is 5.11. The Morgan fingerprint density at radius 1 is 1.43 bits per heavy atom. The van der Waals surface area contributed by atoms with Gasteiger partial charge in [-0.1, -0.05) is 0 Å². The number of anilines is 1. The summed E-state index contributed by atoms with van der Waals surface area (Å²) in [5, 5.41) is 6.28. The number of halogens is 2. The molecule has 1 aliphatic heterocycles. The number of ether oxygens (including phenoxy) is 1. The van der Waals surface area contributed by atoms with Crippen LogP contribution in [0.25, 0.3) is 0 Å². The molecule has 1 aromatic rings. The third-order valence-corrected chi connectivity index (χ3v) is 3.75. The molecule has 2 rings (SSSR count). The van der Waals surface area contributed by atoms with E-state index in [0.29, 0.717) is 6.61 Å². The number of aryl methyl sites for hydroxylation is 1. The third kappa shape index (κ3) is 4.81. The SMILES string of the molecule is COCC1(C(=O)Nc2cnccc2C)CCNCC1.Cl.Cl.